The standard InChI is InChI=1S/C19H34N2O4/c1-14(2)20-15(3,4)23-11-18(20,10-22-14)9-19-12-24-16(5,6)21(19)17(7,8)25-13-19/h9-13H2,1-8H3. The summed E-state index contributed by atoms with van der Waals surface area (Å²) in [7, 11) is 0. The third-order valence-corrected chi connectivity index (χ3v) is 6.54. The predicted molar refractivity (Wildman–Crippen MR) is 93.9 cm³/mol. The monoisotopic (exact) mass is 354 g/mol. The van der Waals surface area contributed by atoms with Crippen LogP contribution in [0.1, 0.15) is 61.8 Å². The third-order valence-electron chi connectivity index (χ3n) is 6.54. The molecule has 144 valence electrons. The van der Waals surface area contributed by atoms with Gasteiger partial charge in [-0.25, -0.2) is 9.80 Å². The van der Waals surface area contributed by atoms with Crippen LogP contribution < -0.4 is 0 Å². The van der Waals surface area contributed by atoms with E-state index < -0.39 is 0 Å². The minimum atomic E-state index is -0.342. The molecule has 25 heavy (non-hydrogen) atoms. The van der Waals surface area contributed by atoms with Crippen molar-refractivity contribution in [2.45, 2.75) is 95.8 Å². The number of rotatable bonds is 2. The van der Waals surface area contributed by atoms with Crippen LogP contribution in [-0.2, 0) is 18.9 Å². The normalized spacial score (nSPS) is 36.5. The molecule has 4 heterocycles. The van der Waals surface area contributed by atoms with E-state index in [1.54, 1.807) is 0 Å². The second kappa shape index (κ2) is 4.78. The first kappa shape index (κ1) is 18.1. The van der Waals surface area contributed by atoms with Crippen LogP contribution in [0, 0.1) is 0 Å². The Morgan fingerprint density at radius 1 is 0.520 bits per heavy atom. The fourth-order valence-corrected chi connectivity index (χ4v) is 6.40. The highest BCUT2D eigenvalue weighted by atomic mass is 16.6. The zero-order chi connectivity index (χ0) is 18.5. The molecule has 0 N–H and O–H groups in total. The van der Waals surface area contributed by atoms with Crippen molar-refractivity contribution in [3.63, 3.8) is 0 Å². The second-order valence-corrected chi connectivity index (χ2v) is 10.2. The number of hydrogen-bond donors (Lipinski definition) is 0. The van der Waals surface area contributed by atoms with Crippen molar-refractivity contribution in [2.75, 3.05) is 26.4 Å². The van der Waals surface area contributed by atoms with Crippen LogP contribution in [0.5, 0.6) is 0 Å². The molecule has 0 unspecified atom stereocenters. The lowest BCUT2D eigenvalue weighted by Gasteiger charge is -2.47. The molecule has 0 saturated carbocycles. The van der Waals surface area contributed by atoms with Crippen molar-refractivity contribution in [3.8, 4) is 0 Å². The molecular formula is C19H34N2O4. The van der Waals surface area contributed by atoms with Crippen molar-refractivity contribution in [1.82, 2.24) is 9.80 Å². The SMILES string of the molecule is CC1(C)OCC2(CC34COC(C)(C)N3C(C)(C)OC4)COC(C)(C)N21. The predicted octanol–water partition coefficient (Wildman–Crippen LogP) is 2.52. The summed E-state index contributed by atoms with van der Waals surface area (Å²) in [6.45, 7) is 19.9. The van der Waals surface area contributed by atoms with Gasteiger partial charge in [-0.05, 0) is 61.8 Å². The lowest BCUT2D eigenvalue weighted by molar-refractivity contribution is -0.161. The summed E-state index contributed by atoms with van der Waals surface area (Å²) in [5.41, 5.74) is -1.68. The maximum atomic E-state index is 6.25. The zero-order valence-electron chi connectivity index (χ0n) is 17.1. The molecule has 4 aliphatic heterocycles. The van der Waals surface area contributed by atoms with Crippen LogP contribution in [0.25, 0.3) is 0 Å². The van der Waals surface area contributed by atoms with Gasteiger partial charge in [-0.3, -0.25) is 0 Å². The lowest BCUT2D eigenvalue weighted by atomic mass is 9.81. The second-order valence-electron chi connectivity index (χ2n) is 10.2. The Morgan fingerprint density at radius 3 is 1.00 bits per heavy atom. The fraction of sp³-hybridized carbons (Fsp3) is 1.00. The minimum Gasteiger partial charge on any atom is -0.359 e. The zero-order valence-corrected chi connectivity index (χ0v) is 17.1. The van der Waals surface area contributed by atoms with Crippen molar-refractivity contribution in [1.29, 1.82) is 0 Å². The molecule has 0 atom stereocenters. The molecule has 0 amide bonds. The molecule has 4 aliphatic rings. The molecule has 0 aromatic carbocycles. The van der Waals surface area contributed by atoms with Crippen LogP contribution >= 0.6 is 0 Å². The summed E-state index contributed by atoms with van der Waals surface area (Å²) < 4.78 is 25.0. The van der Waals surface area contributed by atoms with Gasteiger partial charge in [-0.1, -0.05) is 0 Å². The van der Waals surface area contributed by atoms with Gasteiger partial charge in [0.1, 0.15) is 22.9 Å². The molecule has 0 radical (unpaired) electrons. The van der Waals surface area contributed by atoms with E-state index in [2.05, 4.69) is 65.2 Å². The van der Waals surface area contributed by atoms with Crippen LogP contribution in [0.3, 0.4) is 0 Å². The summed E-state index contributed by atoms with van der Waals surface area (Å²) in [6, 6.07) is 0. The number of hydrogen-bond acceptors (Lipinski definition) is 6. The largest absolute Gasteiger partial charge is 0.359 e. The Hall–Kier alpha value is -0.240. The van der Waals surface area contributed by atoms with Crippen molar-refractivity contribution in [2.24, 2.45) is 0 Å². The summed E-state index contributed by atoms with van der Waals surface area (Å²) in [4.78, 5) is 4.88. The van der Waals surface area contributed by atoms with Crippen molar-refractivity contribution >= 4 is 0 Å². The molecule has 0 aliphatic carbocycles. The van der Waals surface area contributed by atoms with Gasteiger partial charge in [-0.15, -0.1) is 0 Å². The van der Waals surface area contributed by atoms with Gasteiger partial charge in [0.05, 0.1) is 37.5 Å². The van der Waals surface area contributed by atoms with Crippen LogP contribution in [-0.4, -0.2) is 70.2 Å². The highest BCUT2D eigenvalue weighted by Crippen LogP contribution is 2.55. The Morgan fingerprint density at radius 2 is 0.760 bits per heavy atom. The molecule has 4 rings (SSSR count). The van der Waals surface area contributed by atoms with E-state index in [0.29, 0.717) is 26.4 Å². The number of ether oxygens (including phenoxy) is 4. The highest BCUT2D eigenvalue weighted by Gasteiger charge is 2.69. The van der Waals surface area contributed by atoms with Crippen LogP contribution in [0.2, 0.25) is 0 Å². The summed E-state index contributed by atoms with van der Waals surface area (Å²) in [5.74, 6) is 0. The Labute approximate surface area is 151 Å². The molecule has 0 aromatic rings. The fourth-order valence-electron chi connectivity index (χ4n) is 6.40. The highest BCUT2D eigenvalue weighted by molar-refractivity contribution is 5.17. The third kappa shape index (κ3) is 2.31. The van der Waals surface area contributed by atoms with E-state index in [1.165, 1.54) is 0 Å². The van der Waals surface area contributed by atoms with E-state index in [-0.39, 0.29) is 34.0 Å². The maximum Gasteiger partial charge on any atom is 0.118 e. The topological polar surface area (TPSA) is 43.4 Å². The molecular weight excluding hydrogens is 320 g/mol. The summed E-state index contributed by atoms with van der Waals surface area (Å²) in [6.07, 6.45) is 0.916. The first-order valence-corrected chi connectivity index (χ1v) is 9.43. The van der Waals surface area contributed by atoms with E-state index in [1.807, 2.05) is 0 Å². The van der Waals surface area contributed by atoms with Gasteiger partial charge in [-0.2, -0.15) is 0 Å². The van der Waals surface area contributed by atoms with Gasteiger partial charge >= 0.3 is 0 Å². The quantitative estimate of drug-likeness (QED) is 0.759. The number of nitrogens with zero attached hydrogens (tertiary/aromatic N) is 2. The Kier molecular flexibility index (Phi) is 3.47. The average Bonchev–Trinajstić information content (AvgIpc) is 3.06. The maximum absolute atomic E-state index is 6.25. The molecule has 6 heteroatoms. The van der Waals surface area contributed by atoms with Gasteiger partial charge in [0, 0.05) is 0 Å². The number of fused-ring (bicyclic) bond motifs is 2. The van der Waals surface area contributed by atoms with Gasteiger partial charge < -0.3 is 18.9 Å². The van der Waals surface area contributed by atoms with Gasteiger partial charge in [0.15, 0.2) is 0 Å². The summed E-state index contributed by atoms with van der Waals surface area (Å²) >= 11 is 0. The van der Waals surface area contributed by atoms with E-state index >= 15 is 0 Å². The van der Waals surface area contributed by atoms with Crippen LogP contribution in [0.15, 0.2) is 0 Å². The molecule has 4 fully saturated rings. The Bertz CT molecular complexity index is 494. The molecule has 6 nitrogen and oxygen atoms in total. The lowest BCUT2D eigenvalue weighted by Crippen LogP contribution is -2.63. The average molecular weight is 354 g/mol. The Balaban J connectivity index is 1.73. The molecule has 0 spiro atoms. The van der Waals surface area contributed by atoms with Crippen LogP contribution in [0.4, 0.5) is 0 Å². The minimum absolute atomic E-state index is 0.154. The van der Waals surface area contributed by atoms with Gasteiger partial charge in [0.25, 0.3) is 0 Å². The molecule has 4 saturated heterocycles. The first-order valence-electron chi connectivity index (χ1n) is 9.43. The van der Waals surface area contributed by atoms with Gasteiger partial charge in [0.2, 0.25) is 0 Å². The summed E-state index contributed by atoms with van der Waals surface area (Å²) in [5, 5.41) is 0. The molecule has 0 aromatic heterocycles. The first-order chi connectivity index (χ1) is 11.3. The molecule has 0 bridgehead atoms. The van der Waals surface area contributed by atoms with E-state index in [4.69, 9.17) is 18.9 Å². The van der Waals surface area contributed by atoms with E-state index in [9.17, 15) is 0 Å². The van der Waals surface area contributed by atoms with Crippen molar-refractivity contribution < 1.29 is 18.9 Å². The van der Waals surface area contributed by atoms with E-state index in [0.717, 1.165) is 6.42 Å². The van der Waals surface area contributed by atoms with Crippen molar-refractivity contribution in [3.05, 3.63) is 0 Å². The smallest absolute Gasteiger partial charge is 0.118 e.